The van der Waals surface area contributed by atoms with Crippen molar-refractivity contribution in [2.45, 2.75) is 44.7 Å². The highest BCUT2D eigenvalue weighted by molar-refractivity contribution is 14.1. The first kappa shape index (κ1) is 13.3. The van der Waals surface area contributed by atoms with Crippen molar-refractivity contribution in [1.82, 2.24) is 4.90 Å². The van der Waals surface area contributed by atoms with Gasteiger partial charge in [-0.2, -0.15) is 0 Å². The van der Waals surface area contributed by atoms with E-state index in [0.717, 1.165) is 6.04 Å². The van der Waals surface area contributed by atoms with Crippen LogP contribution in [0.2, 0.25) is 0 Å². The molecule has 0 saturated carbocycles. The van der Waals surface area contributed by atoms with Gasteiger partial charge in [-0.1, -0.05) is 59.3 Å². The number of benzene rings is 1. The molecule has 2 rings (SSSR count). The standard InChI is InChI=1S/C15H22IN/c1-15(2,13-8-4-3-5-9-13)17-11-7-6-10-14(17)12-16/h3-5,8-9,14H,6-7,10-12H2,1-2H3/t14-/m1/s1. The summed E-state index contributed by atoms with van der Waals surface area (Å²) in [7, 11) is 0. The molecule has 0 N–H and O–H groups in total. The van der Waals surface area contributed by atoms with Crippen molar-refractivity contribution in [1.29, 1.82) is 0 Å². The van der Waals surface area contributed by atoms with E-state index in [-0.39, 0.29) is 5.54 Å². The summed E-state index contributed by atoms with van der Waals surface area (Å²) in [6.45, 7) is 5.98. The number of likely N-dealkylation sites (tertiary alicyclic amines) is 1. The number of piperidine rings is 1. The Morgan fingerprint density at radius 1 is 1.24 bits per heavy atom. The molecule has 94 valence electrons. The quantitative estimate of drug-likeness (QED) is 0.587. The fourth-order valence-corrected chi connectivity index (χ4v) is 3.82. The predicted molar refractivity (Wildman–Crippen MR) is 82.7 cm³/mol. The lowest BCUT2D eigenvalue weighted by Gasteiger charge is -2.46. The lowest BCUT2D eigenvalue weighted by atomic mass is 9.88. The summed E-state index contributed by atoms with van der Waals surface area (Å²) in [5.41, 5.74) is 1.61. The first-order valence-corrected chi connectivity index (χ1v) is 8.07. The summed E-state index contributed by atoms with van der Waals surface area (Å²) in [4.78, 5) is 2.71. The Bertz CT molecular complexity index is 347. The Kier molecular flexibility index (Phi) is 4.47. The second-order valence-corrected chi connectivity index (χ2v) is 6.30. The van der Waals surface area contributed by atoms with Gasteiger partial charge in [-0.3, -0.25) is 4.90 Å². The van der Waals surface area contributed by atoms with E-state index in [0.29, 0.717) is 0 Å². The van der Waals surface area contributed by atoms with E-state index in [4.69, 9.17) is 0 Å². The van der Waals surface area contributed by atoms with Crippen molar-refractivity contribution in [3.63, 3.8) is 0 Å². The topological polar surface area (TPSA) is 3.24 Å². The third-order valence-electron chi connectivity index (χ3n) is 4.00. The van der Waals surface area contributed by atoms with Crippen molar-refractivity contribution in [3.8, 4) is 0 Å². The molecule has 0 amide bonds. The molecule has 2 heteroatoms. The molecule has 1 fully saturated rings. The van der Waals surface area contributed by atoms with Crippen LogP contribution < -0.4 is 0 Å². The minimum atomic E-state index is 0.164. The Hall–Kier alpha value is -0.0900. The fraction of sp³-hybridized carbons (Fsp3) is 0.600. The minimum absolute atomic E-state index is 0.164. The largest absolute Gasteiger partial charge is 0.290 e. The highest BCUT2D eigenvalue weighted by Gasteiger charge is 2.34. The number of hydrogen-bond donors (Lipinski definition) is 0. The molecule has 1 aromatic rings. The molecule has 17 heavy (non-hydrogen) atoms. The molecular formula is C15H22IN. The number of hydrogen-bond acceptors (Lipinski definition) is 1. The summed E-state index contributed by atoms with van der Waals surface area (Å²) >= 11 is 2.54. The Balaban J connectivity index is 2.24. The number of alkyl halides is 1. The summed E-state index contributed by atoms with van der Waals surface area (Å²) in [5, 5.41) is 0. The molecule has 1 atom stereocenters. The maximum atomic E-state index is 2.71. The van der Waals surface area contributed by atoms with Crippen molar-refractivity contribution < 1.29 is 0 Å². The third-order valence-corrected chi connectivity index (χ3v) is 5.02. The number of rotatable bonds is 3. The summed E-state index contributed by atoms with van der Waals surface area (Å²) in [5.74, 6) is 0. The zero-order chi connectivity index (χ0) is 12.3. The highest BCUT2D eigenvalue weighted by Crippen LogP contribution is 2.34. The smallest absolute Gasteiger partial charge is 0.0407 e. The second-order valence-electron chi connectivity index (χ2n) is 5.42. The molecular weight excluding hydrogens is 321 g/mol. The van der Waals surface area contributed by atoms with Crippen LogP contribution in [0.3, 0.4) is 0 Å². The van der Waals surface area contributed by atoms with E-state index in [9.17, 15) is 0 Å². The van der Waals surface area contributed by atoms with Gasteiger partial charge >= 0.3 is 0 Å². The molecule has 0 aromatic heterocycles. The maximum Gasteiger partial charge on any atom is 0.0407 e. The van der Waals surface area contributed by atoms with Gasteiger partial charge in [0.05, 0.1) is 0 Å². The maximum absolute atomic E-state index is 2.71. The van der Waals surface area contributed by atoms with E-state index in [1.165, 1.54) is 35.8 Å². The summed E-state index contributed by atoms with van der Waals surface area (Å²) < 4.78 is 1.24. The average Bonchev–Trinajstić information content (AvgIpc) is 2.39. The second kappa shape index (κ2) is 5.70. The Morgan fingerprint density at radius 2 is 1.94 bits per heavy atom. The van der Waals surface area contributed by atoms with Crippen molar-refractivity contribution >= 4 is 22.6 Å². The van der Waals surface area contributed by atoms with Gasteiger partial charge in [-0.05, 0) is 38.8 Å². The molecule has 1 aliphatic heterocycles. The molecule has 0 unspecified atom stereocenters. The van der Waals surface area contributed by atoms with Gasteiger partial charge in [0.15, 0.2) is 0 Å². The van der Waals surface area contributed by atoms with Gasteiger partial charge in [0.1, 0.15) is 0 Å². The van der Waals surface area contributed by atoms with E-state index in [2.05, 4.69) is 71.7 Å². The zero-order valence-electron chi connectivity index (χ0n) is 10.8. The summed E-state index contributed by atoms with van der Waals surface area (Å²) in [6, 6.07) is 11.7. The van der Waals surface area contributed by atoms with Crippen molar-refractivity contribution in [2.75, 3.05) is 11.0 Å². The normalized spacial score (nSPS) is 22.6. The fourth-order valence-electron chi connectivity index (χ4n) is 2.91. The Morgan fingerprint density at radius 3 is 2.59 bits per heavy atom. The van der Waals surface area contributed by atoms with Gasteiger partial charge < -0.3 is 0 Å². The first-order valence-electron chi connectivity index (χ1n) is 6.54. The van der Waals surface area contributed by atoms with Crippen LogP contribution in [0.1, 0.15) is 38.7 Å². The van der Waals surface area contributed by atoms with Crippen LogP contribution in [0.25, 0.3) is 0 Å². The van der Waals surface area contributed by atoms with Crippen LogP contribution in [0.5, 0.6) is 0 Å². The minimum Gasteiger partial charge on any atom is -0.290 e. The predicted octanol–water partition coefficient (Wildman–Crippen LogP) is 4.21. The first-order chi connectivity index (χ1) is 8.16. The molecule has 0 radical (unpaired) electrons. The lowest BCUT2D eigenvalue weighted by Crippen LogP contribution is -2.51. The van der Waals surface area contributed by atoms with Crippen LogP contribution in [-0.4, -0.2) is 21.9 Å². The highest BCUT2D eigenvalue weighted by atomic mass is 127. The van der Waals surface area contributed by atoms with E-state index < -0.39 is 0 Å². The molecule has 0 bridgehead atoms. The molecule has 0 spiro atoms. The molecule has 1 saturated heterocycles. The van der Waals surface area contributed by atoms with Crippen LogP contribution in [-0.2, 0) is 5.54 Å². The van der Waals surface area contributed by atoms with Crippen LogP contribution in [0.4, 0.5) is 0 Å². The van der Waals surface area contributed by atoms with Gasteiger partial charge in [0, 0.05) is 16.0 Å². The lowest BCUT2D eigenvalue weighted by molar-refractivity contribution is 0.0499. The van der Waals surface area contributed by atoms with Gasteiger partial charge in [0.2, 0.25) is 0 Å². The molecule has 1 heterocycles. The molecule has 1 aromatic carbocycles. The van der Waals surface area contributed by atoms with Crippen LogP contribution in [0.15, 0.2) is 30.3 Å². The van der Waals surface area contributed by atoms with Crippen LogP contribution in [0, 0.1) is 0 Å². The number of halogens is 1. The van der Waals surface area contributed by atoms with Crippen molar-refractivity contribution in [2.24, 2.45) is 0 Å². The third kappa shape index (κ3) is 2.84. The van der Waals surface area contributed by atoms with Crippen LogP contribution >= 0.6 is 22.6 Å². The van der Waals surface area contributed by atoms with E-state index >= 15 is 0 Å². The van der Waals surface area contributed by atoms with Gasteiger partial charge in [0.25, 0.3) is 0 Å². The van der Waals surface area contributed by atoms with Gasteiger partial charge in [-0.15, -0.1) is 0 Å². The zero-order valence-corrected chi connectivity index (χ0v) is 13.0. The average molecular weight is 343 g/mol. The Labute approximate surface area is 119 Å². The molecule has 0 aliphatic carbocycles. The number of nitrogens with zero attached hydrogens (tertiary/aromatic N) is 1. The van der Waals surface area contributed by atoms with E-state index in [1.54, 1.807) is 0 Å². The van der Waals surface area contributed by atoms with E-state index in [1.807, 2.05) is 0 Å². The summed E-state index contributed by atoms with van der Waals surface area (Å²) in [6.07, 6.45) is 4.11. The SMILES string of the molecule is CC(C)(c1ccccc1)N1CCCC[C@@H]1CI. The van der Waals surface area contributed by atoms with Crippen molar-refractivity contribution in [3.05, 3.63) is 35.9 Å². The molecule has 1 aliphatic rings. The molecule has 1 nitrogen and oxygen atoms in total. The van der Waals surface area contributed by atoms with Gasteiger partial charge in [-0.25, -0.2) is 0 Å². The monoisotopic (exact) mass is 343 g/mol.